The highest BCUT2D eigenvalue weighted by Crippen LogP contribution is 2.41. The molecule has 0 amide bonds. The number of nitriles is 1. The van der Waals surface area contributed by atoms with Gasteiger partial charge in [0.25, 0.3) is 0 Å². The molecule has 0 N–H and O–H groups in total. The molecular formula is C45H38FN3. The molecule has 0 aliphatic heterocycles. The van der Waals surface area contributed by atoms with Gasteiger partial charge in [-0.1, -0.05) is 114 Å². The number of halogens is 1. The summed E-state index contributed by atoms with van der Waals surface area (Å²) in [7, 11) is 0. The van der Waals surface area contributed by atoms with Gasteiger partial charge in [0.15, 0.2) is 0 Å². The summed E-state index contributed by atoms with van der Waals surface area (Å²) in [6.45, 7) is 13.3. The van der Waals surface area contributed by atoms with E-state index in [1.54, 1.807) is 12.1 Å². The SMILES string of the molecule is CC(C)(C)c1ccc2c3ccccc3n(-c3cc(-c4cccc(F)c4)cc(-n4c5ccccc5c5ccc(C(C)(C)C)cc54)c3C#N)c2c1. The van der Waals surface area contributed by atoms with Gasteiger partial charge in [-0.15, -0.1) is 0 Å². The molecule has 4 heteroatoms. The van der Waals surface area contributed by atoms with Gasteiger partial charge in [0, 0.05) is 21.5 Å². The second kappa shape index (κ2) is 10.9. The van der Waals surface area contributed by atoms with Crippen LogP contribution in [0.3, 0.4) is 0 Å². The minimum Gasteiger partial charge on any atom is -0.308 e. The van der Waals surface area contributed by atoms with Gasteiger partial charge in [0.1, 0.15) is 17.4 Å². The van der Waals surface area contributed by atoms with Crippen molar-refractivity contribution >= 4 is 43.6 Å². The molecule has 0 saturated carbocycles. The third-order valence-corrected chi connectivity index (χ3v) is 9.93. The van der Waals surface area contributed by atoms with Crippen LogP contribution >= 0.6 is 0 Å². The lowest BCUT2D eigenvalue weighted by molar-refractivity contribution is 0.590. The Morgan fingerprint density at radius 1 is 0.490 bits per heavy atom. The molecule has 0 unspecified atom stereocenters. The number of benzene rings is 6. The monoisotopic (exact) mass is 639 g/mol. The fourth-order valence-corrected chi connectivity index (χ4v) is 7.31. The normalized spacial score (nSPS) is 12.4. The van der Waals surface area contributed by atoms with Crippen molar-refractivity contribution < 1.29 is 4.39 Å². The maximum atomic E-state index is 14.8. The van der Waals surface area contributed by atoms with Crippen LogP contribution in [0.1, 0.15) is 58.2 Å². The summed E-state index contributed by atoms with van der Waals surface area (Å²) in [4.78, 5) is 0. The van der Waals surface area contributed by atoms with Crippen LogP contribution in [0.5, 0.6) is 0 Å². The van der Waals surface area contributed by atoms with Crippen molar-refractivity contribution in [3.05, 3.63) is 144 Å². The highest BCUT2D eigenvalue weighted by molar-refractivity contribution is 6.11. The highest BCUT2D eigenvalue weighted by atomic mass is 19.1. The van der Waals surface area contributed by atoms with Crippen molar-refractivity contribution in [2.45, 2.75) is 52.4 Å². The van der Waals surface area contributed by atoms with Crippen molar-refractivity contribution in [2.75, 3.05) is 0 Å². The van der Waals surface area contributed by atoms with Crippen LogP contribution in [-0.2, 0) is 10.8 Å². The van der Waals surface area contributed by atoms with Gasteiger partial charge in [0.05, 0.1) is 33.4 Å². The molecule has 2 aromatic heterocycles. The van der Waals surface area contributed by atoms with E-state index in [-0.39, 0.29) is 16.6 Å². The molecule has 49 heavy (non-hydrogen) atoms. The minimum absolute atomic E-state index is 0.0736. The van der Waals surface area contributed by atoms with Crippen LogP contribution in [0.15, 0.2) is 121 Å². The van der Waals surface area contributed by atoms with Gasteiger partial charge in [-0.3, -0.25) is 0 Å². The van der Waals surface area contributed by atoms with Gasteiger partial charge in [-0.25, -0.2) is 4.39 Å². The minimum atomic E-state index is -0.302. The summed E-state index contributed by atoms with van der Waals surface area (Å²) in [6, 6.07) is 43.6. The molecule has 0 saturated heterocycles. The highest BCUT2D eigenvalue weighted by Gasteiger charge is 2.25. The first-order valence-electron chi connectivity index (χ1n) is 16.9. The third-order valence-electron chi connectivity index (χ3n) is 9.93. The Bertz CT molecular complexity index is 2500. The van der Waals surface area contributed by atoms with Crippen molar-refractivity contribution in [1.29, 1.82) is 5.26 Å². The second-order valence-corrected chi connectivity index (χ2v) is 15.2. The van der Waals surface area contributed by atoms with Crippen molar-refractivity contribution in [3.63, 3.8) is 0 Å². The Balaban J connectivity index is 1.57. The Morgan fingerprint density at radius 2 is 0.959 bits per heavy atom. The summed E-state index contributed by atoms with van der Waals surface area (Å²) >= 11 is 0. The van der Waals surface area contributed by atoms with E-state index in [1.807, 2.05) is 18.2 Å². The predicted molar refractivity (Wildman–Crippen MR) is 203 cm³/mol. The molecule has 0 radical (unpaired) electrons. The lowest BCUT2D eigenvalue weighted by Gasteiger charge is -2.21. The Morgan fingerprint density at radius 3 is 1.41 bits per heavy atom. The fourth-order valence-electron chi connectivity index (χ4n) is 7.31. The van der Waals surface area contributed by atoms with Crippen molar-refractivity contribution in [3.8, 4) is 28.6 Å². The van der Waals surface area contributed by atoms with E-state index in [4.69, 9.17) is 0 Å². The first-order valence-corrected chi connectivity index (χ1v) is 16.9. The van der Waals surface area contributed by atoms with E-state index in [0.29, 0.717) is 5.56 Å². The van der Waals surface area contributed by atoms with Crippen LogP contribution < -0.4 is 0 Å². The van der Waals surface area contributed by atoms with Crippen molar-refractivity contribution in [2.24, 2.45) is 0 Å². The quantitative estimate of drug-likeness (QED) is 0.189. The summed E-state index contributed by atoms with van der Waals surface area (Å²) in [5, 5.41) is 15.7. The van der Waals surface area contributed by atoms with Crippen LogP contribution in [-0.4, -0.2) is 9.13 Å². The van der Waals surface area contributed by atoms with Crippen LogP contribution in [0.4, 0.5) is 4.39 Å². The molecule has 2 heterocycles. The molecular weight excluding hydrogens is 602 g/mol. The van der Waals surface area contributed by atoms with Gasteiger partial charge >= 0.3 is 0 Å². The molecule has 8 aromatic rings. The number of aromatic nitrogens is 2. The van der Waals surface area contributed by atoms with Crippen LogP contribution in [0, 0.1) is 17.1 Å². The number of fused-ring (bicyclic) bond motifs is 6. The number of hydrogen-bond acceptors (Lipinski definition) is 1. The average molecular weight is 640 g/mol. The Kier molecular flexibility index (Phi) is 6.84. The third kappa shape index (κ3) is 4.92. The zero-order valence-corrected chi connectivity index (χ0v) is 28.8. The average Bonchev–Trinajstić information content (AvgIpc) is 3.59. The van der Waals surface area contributed by atoms with Gasteiger partial charge in [0.2, 0.25) is 0 Å². The Hall–Kier alpha value is -5.66. The molecule has 0 fully saturated rings. The molecule has 0 bridgehead atoms. The largest absolute Gasteiger partial charge is 0.308 e. The molecule has 6 aromatic carbocycles. The molecule has 0 aliphatic carbocycles. The van der Waals surface area contributed by atoms with Crippen LogP contribution in [0.25, 0.3) is 66.1 Å². The van der Waals surface area contributed by atoms with E-state index in [9.17, 15) is 9.65 Å². The fraction of sp³-hybridized carbons (Fsp3) is 0.178. The van der Waals surface area contributed by atoms with Gasteiger partial charge < -0.3 is 9.13 Å². The summed E-state index contributed by atoms with van der Waals surface area (Å²) in [5.41, 5.74) is 10.0. The maximum Gasteiger partial charge on any atom is 0.123 e. The predicted octanol–water partition coefficient (Wildman–Crippen LogP) is 12.2. The van der Waals surface area contributed by atoms with E-state index in [2.05, 4.69) is 142 Å². The smallest absolute Gasteiger partial charge is 0.123 e. The molecule has 8 rings (SSSR count). The van der Waals surface area contributed by atoms with E-state index in [1.165, 1.54) is 17.2 Å². The maximum absolute atomic E-state index is 14.8. The molecule has 3 nitrogen and oxygen atoms in total. The topological polar surface area (TPSA) is 33.6 Å². The summed E-state index contributed by atoms with van der Waals surface area (Å²) in [6.07, 6.45) is 0. The Labute approximate surface area is 286 Å². The molecule has 0 spiro atoms. The summed E-state index contributed by atoms with van der Waals surface area (Å²) in [5.74, 6) is -0.302. The van der Waals surface area contributed by atoms with Gasteiger partial charge in [-0.05, 0) is 81.6 Å². The lowest BCUT2D eigenvalue weighted by Crippen LogP contribution is -2.11. The zero-order valence-electron chi connectivity index (χ0n) is 28.8. The number of para-hydroxylation sites is 2. The number of hydrogen-bond donors (Lipinski definition) is 0. The van der Waals surface area contributed by atoms with E-state index < -0.39 is 0 Å². The molecule has 240 valence electrons. The number of nitrogens with zero attached hydrogens (tertiary/aromatic N) is 3. The van der Waals surface area contributed by atoms with E-state index >= 15 is 0 Å². The first kappa shape index (κ1) is 30.7. The van der Waals surface area contributed by atoms with Gasteiger partial charge in [-0.2, -0.15) is 5.26 Å². The first-order chi connectivity index (χ1) is 23.4. The summed E-state index contributed by atoms with van der Waals surface area (Å²) < 4.78 is 19.3. The molecule has 0 aliphatic rings. The number of rotatable bonds is 3. The zero-order chi connectivity index (χ0) is 34.2. The van der Waals surface area contributed by atoms with E-state index in [0.717, 1.165) is 66.1 Å². The second-order valence-electron chi connectivity index (χ2n) is 15.2. The lowest BCUT2D eigenvalue weighted by atomic mass is 9.86. The standard InChI is InChI=1S/C45H38FN3/c1-44(2,3)30-18-20-35-33-14-7-9-16-38(33)48(42(35)25-30)40-23-29(28-12-11-13-32(46)22-28)24-41(37(40)27-47)49-39-17-10-8-15-34(39)36-21-19-31(26-43(36)49)45(4,5)6/h7-26H,1-6H3. The van der Waals surface area contributed by atoms with Crippen molar-refractivity contribution in [1.82, 2.24) is 9.13 Å². The molecule has 0 atom stereocenters. The van der Waals surface area contributed by atoms with Crippen LogP contribution in [0.2, 0.25) is 0 Å².